The molecule has 2 rings (SSSR count). The first-order valence-electron chi connectivity index (χ1n) is 7.42. The lowest BCUT2D eigenvalue weighted by molar-refractivity contribution is 0.355. The van der Waals surface area contributed by atoms with Gasteiger partial charge in [-0.1, -0.05) is 26.1 Å². The molecular formula is C16H23N3O2S. The lowest BCUT2D eigenvalue weighted by atomic mass is 10.1. The number of methoxy groups -OCH3 is 2. The highest BCUT2D eigenvalue weighted by Gasteiger charge is 2.17. The summed E-state index contributed by atoms with van der Waals surface area (Å²) in [5.74, 6) is 2.53. The molecule has 1 atom stereocenters. The highest BCUT2D eigenvalue weighted by atomic mass is 32.1. The molecule has 2 N–H and O–H groups in total. The molecular weight excluding hydrogens is 298 g/mol. The molecule has 0 aliphatic carbocycles. The number of benzene rings is 1. The Morgan fingerprint density at radius 1 is 1.32 bits per heavy atom. The number of ether oxygens (including phenoxy) is 2. The second-order valence-electron chi connectivity index (χ2n) is 5.39. The van der Waals surface area contributed by atoms with Crippen molar-refractivity contribution >= 4 is 28.2 Å². The van der Waals surface area contributed by atoms with Crippen molar-refractivity contribution in [2.24, 2.45) is 11.7 Å². The first kappa shape index (κ1) is 16.5. The Morgan fingerprint density at radius 2 is 1.95 bits per heavy atom. The van der Waals surface area contributed by atoms with Crippen molar-refractivity contribution in [2.75, 3.05) is 14.2 Å². The van der Waals surface area contributed by atoms with E-state index in [-0.39, 0.29) is 5.92 Å². The van der Waals surface area contributed by atoms with Crippen LogP contribution in [-0.4, -0.2) is 28.8 Å². The Morgan fingerprint density at radius 3 is 2.50 bits per heavy atom. The number of imidazole rings is 1. The van der Waals surface area contributed by atoms with Gasteiger partial charge in [0.1, 0.15) is 5.82 Å². The molecule has 5 nitrogen and oxygen atoms in total. The Kier molecular flexibility index (Phi) is 5.24. The first-order valence-corrected chi connectivity index (χ1v) is 7.83. The molecule has 0 amide bonds. The van der Waals surface area contributed by atoms with E-state index in [4.69, 9.17) is 32.4 Å². The van der Waals surface area contributed by atoms with E-state index >= 15 is 0 Å². The second-order valence-corrected chi connectivity index (χ2v) is 5.86. The molecule has 0 radical (unpaired) electrons. The third kappa shape index (κ3) is 3.16. The molecule has 1 heterocycles. The van der Waals surface area contributed by atoms with E-state index < -0.39 is 0 Å². The van der Waals surface area contributed by atoms with Crippen LogP contribution in [0, 0.1) is 5.92 Å². The molecule has 2 aromatic rings. The van der Waals surface area contributed by atoms with Gasteiger partial charge in [-0.2, -0.15) is 0 Å². The highest BCUT2D eigenvalue weighted by Crippen LogP contribution is 2.33. The molecule has 1 aromatic heterocycles. The standard InChI is InChI=1S/C16H23N3O2S/c1-5-6-15-18-11-7-13(20-3)14(21-4)8-12(11)19(15)9-10(2)16(17)22/h7-8,10H,5-6,9H2,1-4H3,(H2,17,22). The zero-order valence-corrected chi connectivity index (χ0v) is 14.4. The summed E-state index contributed by atoms with van der Waals surface area (Å²) >= 11 is 5.11. The van der Waals surface area contributed by atoms with Crippen LogP contribution in [0.25, 0.3) is 11.0 Å². The van der Waals surface area contributed by atoms with Gasteiger partial charge < -0.3 is 19.8 Å². The predicted octanol–water partition coefficient (Wildman–Crippen LogP) is 2.93. The third-order valence-corrected chi connectivity index (χ3v) is 4.15. The smallest absolute Gasteiger partial charge is 0.163 e. The van der Waals surface area contributed by atoms with Crippen LogP contribution in [0.4, 0.5) is 0 Å². The maximum Gasteiger partial charge on any atom is 0.163 e. The molecule has 0 saturated heterocycles. The molecule has 22 heavy (non-hydrogen) atoms. The number of nitrogens with two attached hydrogens (primary N) is 1. The van der Waals surface area contributed by atoms with Crippen molar-refractivity contribution in [3.8, 4) is 11.5 Å². The van der Waals surface area contributed by atoms with Gasteiger partial charge in [0.25, 0.3) is 0 Å². The second kappa shape index (κ2) is 6.96. The summed E-state index contributed by atoms with van der Waals surface area (Å²) in [7, 11) is 3.26. The summed E-state index contributed by atoms with van der Waals surface area (Å²) in [6.45, 7) is 4.89. The van der Waals surface area contributed by atoms with Gasteiger partial charge >= 0.3 is 0 Å². The SMILES string of the molecule is CCCc1nc2cc(OC)c(OC)cc2n1CC(C)C(N)=S. The maximum absolute atomic E-state index is 5.78. The average Bonchev–Trinajstić information content (AvgIpc) is 2.82. The summed E-state index contributed by atoms with van der Waals surface area (Å²) < 4.78 is 12.9. The van der Waals surface area contributed by atoms with Crippen LogP contribution < -0.4 is 15.2 Å². The number of nitrogens with zero attached hydrogens (tertiary/aromatic N) is 2. The van der Waals surface area contributed by atoms with Gasteiger partial charge in [0.2, 0.25) is 0 Å². The lowest BCUT2D eigenvalue weighted by Crippen LogP contribution is -2.23. The summed E-state index contributed by atoms with van der Waals surface area (Å²) in [6, 6.07) is 3.88. The molecule has 1 unspecified atom stereocenters. The van der Waals surface area contributed by atoms with Crippen molar-refractivity contribution in [1.29, 1.82) is 0 Å². The van der Waals surface area contributed by atoms with Crippen LogP contribution in [0.2, 0.25) is 0 Å². The number of hydrogen-bond donors (Lipinski definition) is 1. The number of rotatable bonds is 7. The van der Waals surface area contributed by atoms with E-state index in [1.165, 1.54) is 0 Å². The van der Waals surface area contributed by atoms with Gasteiger partial charge in [-0.15, -0.1) is 0 Å². The first-order chi connectivity index (χ1) is 10.5. The fraction of sp³-hybridized carbons (Fsp3) is 0.500. The number of aryl methyl sites for hydroxylation is 1. The third-order valence-electron chi connectivity index (χ3n) is 3.75. The lowest BCUT2D eigenvalue weighted by Gasteiger charge is -2.15. The summed E-state index contributed by atoms with van der Waals surface area (Å²) in [6.07, 6.45) is 1.93. The monoisotopic (exact) mass is 321 g/mol. The van der Waals surface area contributed by atoms with Crippen LogP contribution in [0.1, 0.15) is 26.1 Å². The van der Waals surface area contributed by atoms with Crippen LogP contribution in [0.15, 0.2) is 12.1 Å². The van der Waals surface area contributed by atoms with E-state index in [1.807, 2.05) is 19.1 Å². The molecule has 1 aromatic carbocycles. The maximum atomic E-state index is 5.78. The quantitative estimate of drug-likeness (QED) is 0.795. The average molecular weight is 321 g/mol. The summed E-state index contributed by atoms with van der Waals surface area (Å²) in [4.78, 5) is 5.26. The Bertz CT molecular complexity index is 682. The van der Waals surface area contributed by atoms with Gasteiger partial charge in [-0.3, -0.25) is 0 Å². The summed E-state index contributed by atoms with van der Waals surface area (Å²) in [5, 5.41) is 0. The van der Waals surface area contributed by atoms with Crippen LogP contribution in [0.3, 0.4) is 0 Å². The zero-order chi connectivity index (χ0) is 16.3. The Balaban J connectivity index is 2.58. The molecule has 0 bridgehead atoms. The van der Waals surface area contributed by atoms with E-state index in [2.05, 4.69) is 11.5 Å². The van der Waals surface area contributed by atoms with Crippen molar-refractivity contribution in [3.05, 3.63) is 18.0 Å². The fourth-order valence-corrected chi connectivity index (χ4v) is 2.56. The van der Waals surface area contributed by atoms with E-state index in [0.29, 0.717) is 16.5 Å². The van der Waals surface area contributed by atoms with Gasteiger partial charge in [-0.25, -0.2) is 4.98 Å². The van der Waals surface area contributed by atoms with Crippen LogP contribution >= 0.6 is 12.2 Å². The number of hydrogen-bond acceptors (Lipinski definition) is 4. The molecule has 120 valence electrons. The van der Waals surface area contributed by atoms with E-state index in [9.17, 15) is 0 Å². The van der Waals surface area contributed by atoms with Crippen molar-refractivity contribution in [3.63, 3.8) is 0 Å². The zero-order valence-electron chi connectivity index (χ0n) is 13.5. The molecule has 0 aliphatic rings. The molecule has 6 heteroatoms. The predicted molar refractivity (Wildman–Crippen MR) is 92.8 cm³/mol. The minimum atomic E-state index is 0.108. The normalized spacial score (nSPS) is 12.4. The van der Waals surface area contributed by atoms with Gasteiger partial charge in [-0.05, 0) is 6.42 Å². The number of thiocarbonyl (C=S) groups is 1. The number of aromatic nitrogens is 2. The minimum absolute atomic E-state index is 0.108. The van der Waals surface area contributed by atoms with Gasteiger partial charge in [0, 0.05) is 31.0 Å². The largest absolute Gasteiger partial charge is 0.493 e. The molecule has 0 aliphatic heterocycles. The van der Waals surface area contributed by atoms with Crippen LogP contribution in [0.5, 0.6) is 11.5 Å². The Hall–Kier alpha value is -1.82. The number of fused-ring (bicyclic) bond motifs is 1. The topological polar surface area (TPSA) is 62.3 Å². The summed E-state index contributed by atoms with van der Waals surface area (Å²) in [5.41, 5.74) is 7.69. The van der Waals surface area contributed by atoms with Crippen molar-refractivity contribution in [1.82, 2.24) is 9.55 Å². The minimum Gasteiger partial charge on any atom is -0.493 e. The van der Waals surface area contributed by atoms with Crippen molar-refractivity contribution < 1.29 is 9.47 Å². The van der Waals surface area contributed by atoms with Gasteiger partial charge in [0.15, 0.2) is 11.5 Å². The van der Waals surface area contributed by atoms with Crippen molar-refractivity contribution in [2.45, 2.75) is 33.2 Å². The van der Waals surface area contributed by atoms with Crippen LogP contribution in [-0.2, 0) is 13.0 Å². The highest BCUT2D eigenvalue weighted by molar-refractivity contribution is 7.80. The fourth-order valence-electron chi connectivity index (χ4n) is 2.48. The molecule has 0 spiro atoms. The molecule has 0 fully saturated rings. The van der Waals surface area contributed by atoms with E-state index in [0.717, 1.165) is 36.2 Å². The van der Waals surface area contributed by atoms with E-state index in [1.54, 1.807) is 14.2 Å². The van der Waals surface area contributed by atoms with Gasteiger partial charge in [0.05, 0.1) is 30.2 Å². The molecule has 0 saturated carbocycles. The Labute approximate surface area is 136 Å².